The van der Waals surface area contributed by atoms with Gasteiger partial charge in [-0.15, -0.1) is 11.6 Å². The second-order valence-electron chi connectivity index (χ2n) is 10.0. The van der Waals surface area contributed by atoms with E-state index < -0.39 is 17.2 Å². The van der Waals surface area contributed by atoms with Crippen molar-refractivity contribution in [2.24, 2.45) is 5.41 Å². The molecule has 2 aromatic heterocycles. The lowest BCUT2D eigenvalue weighted by Crippen LogP contribution is -2.35. The van der Waals surface area contributed by atoms with Gasteiger partial charge in [-0.2, -0.15) is 0 Å². The van der Waals surface area contributed by atoms with Gasteiger partial charge in [-0.25, -0.2) is 4.98 Å². The number of furan rings is 1. The molecule has 0 saturated carbocycles. The Hall–Kier alpha value is -3.39. The lowest BCUT2D eigenvalue weighted by Gasteiger charge is -2.17. The number of ketones is 1. The van der Waals surface area contributed by atoms with Crippen molar-refractivity contribution in [3.8, 4) is 22.4 Å². The van der Waals surface area contributed by atoms with E-state index in [0.717, 1.165) is 5.56 Å². The predicted molar refractivity (Wildman–Crippen MR) is 156 cm³/mol. The van der Waals surface area contributed by atoms with Gasteiger partial charge in [-0.1, -0.05) is 74.3 Å². The first-order chi connectivity index (χ1) is 18.4. The van der Waals surface area contributed by atoms with Crippen LogP contribution in [0.4, 0.5) is 5.69 Å². The van der Waals surface area contributed by atoms with Crippen molar-refractivity contribution < 1.29 is 18.8 Å². The van der Waals surface area contributed by atoms with Gasteiger partial charge in [0.2, 0.25) is 23.3 Å². The van der Waals surface area contributed by atoms with E-state index >= 15 is 0 Å². The van der Waals surface area contributed by atoms with Gasteiger partial charge in [0.25, 0.3) is 0 Å². The normalized spacial score (nSPS) is 11.5. The minimum absolute atomic E-state index is 0.0389. The molecule has 2 heterocycles. The number of Topliss-reactive ketones (excluding diaryl/α,β-unsaturated/α-hetero) is 1. The number of alkyl halides is 1. The zero-order chi connectivity index (χ0) is 28.5. The molecule has 0 aliphatic carbocycles. The molecule has 0 radical (unpaired) electrons. The van der Waals surface area contributed by atoms with Crippen molar-refractivity contribution in [2.45, 2.75) is 20.8 Å². The monoisotopic (exact) mass is 585 g/mol. The zero-order valence-electron chi connectivity index (χ0n) is 21.8. The number of benzene rings is 2. The molecule has 0 bridgehead atoms. The van der Waals surface area contributed by atoms with Gasteiger partial charge in [0.05, 0.1) is 17.6 Å². The number of nitrogens with one attached hydrogen (secondary N) is 1. The summed E-state index contributed by atoms with van der Waals surface area (Å²) in [7, 11) is 1.47. The van der Waals surface area contributed by atoms with E-state index in [1.807, 2.05) is 30.3 Å². The van der Waals surface area contributed by atoms with E-state index in [9.17, 15) is 14.4 Å². The summed E-state index contributed by atoms with van der Waals surface area (Å²) in [5.74, 6) is -1.56. The Balaban J connectivity index is 1.96. The number of carbonyl (C=O) groups is 3. The Bertz CT molecular complexity index is 1570. The van der Waals surface area contributed by atoms with Crippen LogP contribution in [0, 0.1) is 5.41 Å². The molecular formula is C29H26Cl3N3O4. The molecule has 0 saturated heterocycles. The van der Waals surface area contributed by atoms with E-state index in [-0.39, 0.29) is 35.4 Å². The predicted octanol–water partition coefficient (Wildman–Crippen LogP) is 7.33. The van der Waals surface area contributed by atoms with Crippen molar-refractivity contribution in [2.75, 3.05) is 24.8 Å². The fourth-order valence-corrected chi connectivity index (χ4v) is 4.50. The Morgan fingerprint density at radius 2 is 1.67 bits per heavy atom. The average molecular weight is 587 g/mol. The van der Waals surface area contributed by atoms with Crippen LogP contribution in [0.1, 0.15) is 31.3 Å². The maximum Gasteiger partial charge on any atom is 0.244 e. The largest absolute Gasteiger partial charge is 0.432 e. The minimum atomic E-state index is -0.816. The van der Waals surface area contributed by atoms with Gasteiger partial charge >= 0.3 is 0 Å². The SMILES string of the molecule is CN(CC(=O)Nc1c(C(=O)C(C)(C)C)oc2nc(-c3ccccc3Cl)c(-c3ccc(Cl)cc3)cc12)C(=O)CCl. The fourth-order valence-electron chi connectivity index (χ4n) is 3.94. The molecule has 39 heavy (non-hydrogen) atoms. The Kier molecular flexibility index (Phi) is 8.35. The third-order valence-electron chi connectivity index (χ3n) is 6.04. The molecule has 2 aromatic carbocycles. The second-order valence-corrected chi connectivity index (χ2v) is 11.2. The Morgan fingerprint density at radius 3 is 2.28 bits per heavy atom. The van der Waals surface area contributed by atoms with Crippen LogP contribution in [0.5, 0.6) is 0 Å². The number of fused-ring (bicyclic) bond motifs is 1. The number of hydrogen-bond acceptors (Lipinski definition) is 5. The summed E-state index contributed by atoms with van der Waals surface area (Å²) in [6.45, 7) is 4.99. The number of aromatic nitrogens is 1. The highest BCUT2D eigenvalue weighted by atomic mass is 35.5. The number of carbonyl (C=O) groups excluding carboxylic acids is 3. The summed E-state index contributed by atoms with van der Waals surface area (Å²) in [5, 5.41) is 4.25. The number of pyridine rings is 1. The second kappa shape index (κ2) is 11.4. The van der Waals surface area contributed by atoms with Crippen molar-refractivity contribution >= 4 is 69.2 Å². The molecule has 4 rings (SSSR count). The highest BCUT2D eigenvalue weighted by Gasteiger charge is 2.32. The molecule has 0 atom stereocenters. The van der Waals surface area contributed by atoms with E-state index in [1.54, 1.807) is 45.0 Å². The van der Waals surface area contributed by atoms with E-state index in [4.69, 9.17) is 44.2 Å². The van der Waals surface area contributed by atoms with E-state index in [0.29, 0.717) is 32.3 Å². The van der Waals surface area contributed by atoms with Crippen molar-refractivity contribution in [1.29, 1.82) is 0 Å². The van der Waals surface area contributed by atoms with Gasteiger partial charge in [-0.3, -0.25) is 14.4 Å². The summed E-state index contributed by atoms with van der Waals surface area (Å²) in [5.41, 5.74) is 2.18. The number of rotatable bonds is 7. The fraction of sp³-hybridized carbons (Fsp3) is 0.241. The van der Waals surface area contributed by atoms with Crippen LogP contribution in [0.25, 0.3) is 33.5 Å². The zero-order valence-corrected chi connectivity index (χ0v) is 24.0. The summed E-state index contributed by atoms with van der Waals surface area (Å²) >= 11 is 18.3. The number of hydrogen-bond donors (Lipinski definition) is 1. The summed E-state index contributed by atoms with van der Waals surface area (Å²) < 4.78 is 6.03. The molecule has 0 aliphatic rings. The van der Waals surface area contributed by atoms with Crippen molar-refractivity contribution in [1.82, 2.24) is 9.88 Å². The van der Waals surface area contributed by atoms with Crippen molar-refractivity contribution in [3.05, 3.63) is 70.4 Å². The standard InChI is InChI=1S/C29H26Cl3N3O4/c1-29(2,3)27(38)26-25(33-22(36)15-35(4)23(37)14-30)20-13-19(16-9-11-17(31)12-10-16)24(34-28(20)39-26)18-7-5-6-8-21(18)32/h5-13H,14-15H2,1-4H3,(H,33,36). The lowest BCUT2D eigenvalue weighted by molar-refractivity contribution is -0.131. The van der Waals surface area contributed by atoms with Crippen LogP contribution in [-0.4, -0.2) is 47.0 Å². The molecule has 7 nitrogen and oxygen atoms in total. The summed E-state index contributed by atoms with van der Waals surface area (Å²) in [4.78, 5) is 44.3. The van der Waals surface area contributed by atoms with Gasteiger partial charge in [0.15, 0.2) is 5.76 Å². The first-order valence-corrected chi connectivity index (χ1v) is 13.3. The minimum Gasteiger partial charge on any atom is -0.432 e. The van der Waals surface area contributed by atoms with Crippen LogP contribution in [0.3, 0.4) is 0 Å². The summed E-state index contributed by atoms with van der Waals surface area (Å²) in [6.07, 6.45) is 0. The quantitative estimate of drug-likeness (QED) is 0.181. The molecule has 202 valence electrons. The molecule has 0 aliphatic heterocycles. The number of likely N-dealkylation sites (N-methyl/N-ethyl adjacent to an activating group) is 1. The highest BCUT2D eigenvalue weighted by molar-refractivity contribution is 6.33. The van der Waals surface area contributed by atoms with E-state index in [1.165, 1.54) is 11.9 Å². The molecule has 2 amide bonds. The first-order valence-electron chi connectivity index (χ1n) is 12.0. The number of amides is 2. The maximum absolute atomic E-state index is 13.4. The summed E-state index contributed by atoms with van der Waals surface area (Å²) in [6, 6.07) is 16.3. The topological polar surface area (TPSA) is 92.5 Å². The molecule has 0 unspecified atom stereocenters. The van der Waals surface area contributed by atoms with Crippen molar-refractivity contribution in [3.63, 3.8) is 0 Å². The van der Waals surface area contributed by atoms with Crippen LogP contribution >= 0.6 is 34.8 Å². The number of nitrogens with zero attached hydrogens (tertiary/aromatic N) is 2. The van der Waals surface area contributed by atoms with Gasteiger partial charge in [0.1, 0.15) is 11.6 Å². The third kappa shape index (κ3) is 6.11. The van der Waals surface area contributed by atoms with E-state index in [2.05, 4.69) is 5.32 Å². The van der Waals surface area contributed by atoms with Gasteiger partial charge in [0, 0.05) is 33.6 Å². The molecule has 0 spiro atoms. The molecule has 1 N–H and O–H groups in total. The number of anilines is 1. The molecule has 4 aromatic rings. The van der Waals surface area contributed by atoms with Crippen LogP contribution in [0.2, 0.25) is 10.0 Å². The molecular weight excluding hydrogens is 561 g/mol. The molecule has 10 heteroatoms. The maximum atomic E-state index is 13.4. The van der Waals surface area contributed by atoms with Gasteiger partial charge < -0.3 is 14.6 Å². The smallest absolute Gasteiger partial charge is 0.244 e. The first kappa shape index (κ1) is 28.6. The Labute approximate surface area is 241 Å². The highest BCUT2D eigenvalue weighted by Crippen LogP contribution is 2.41. The lowest BCUT2D eigenvalue weighted by atomic mass is 9.88. The van der Waals surface area contributed by atoms with Crippen LogP contribution < -0.4 is 5.32 Å². The van der Waals surface area contributed by atoms with Crippen LogP contribution in [0.15, 0.2) is 59.0 Å². The van der Waals surface area contributed by atoms with Crippen LogP contribution in [-0.2, 0) is 9.59 Å². The molecule has 0 fully saturated rings. The number of halogens is 3. The average Bonchev–Trinajstić information content (AvgIpc) is 3.23. The third-order valence-corrected chi connectivity index (χ3v) is 6.85. The Morgan fingerprint density at radius 1 is 1.00 bits per heavy atom. The van der Waals surface area contributed by atoms with Gasteiger partial charge in [-0.05, 0) is 29.8 Å².